The Bertz CT molecular complexity index is 709. The average molecular weight is 409 g/mol. The van der Waals surface area contributed by atoms with E-state index in [-0.39, 0.29) is 21.2 Å². The van der Waals surface area contributed by atoms with Crippen LogP contribution in [0.3, 0.4) is 0 Å². The summed E-state index contributed by atoms with van der Waals surface area (Å²) in [4.78, 5) is 21.2. The number of ether oxygens (including phenoxy) is 1. The molecule has 0 saturated heterocycles. The first-order valence-electron chi connectivity index (χ1n) is 8.27. The molecule has 9 heteroatoms. The van der Waals surface area contributed by atoms with E-state index in [1.54, 1.807) is 59.9 Å². The third-order valence-corrected chi connectivity index (χ3v) is 5.39. The van der Waals surface area contributed by atoms with Crippen molar-refractivity contribution in [3.63, 3.8) is 0 Å². The van der Waals surface area contributed by atoms with E-state index >= 15 is 0 Å². The molecule has 0 spiro atoms. The van der Waals surface area contributed by atoms with Gasteiger partial charge in [-0.05, 0) is 24.3 Å². The maximum Gasteiger partial charge on any atom is 0.272 e. The lowest BCUT2D eigenvalue weighted by Gasteiger charge is -2.06. The van der Waals surface area contributed by atoms with Gasteiger partial charge in [-0.15, -0.1) is 23.5 Å². The van der Waals surface area contributed by atoms with E-state index in [1.807, 2.05) is 0 Å². The Hall–Kier alpha value is -2.10. The second-order valence-electron chi connectivity index (χ2n) is 5.53. The molecule has 2 rings (SSSR count). The van der Waals surface area contributed by atoms with Crippen LogP contribution in [0.2, 0.25) is 0 Å². The van der Waals surface area contributed by atoms with E-state index < -0.39 is 0 Å². The monoisotopic (exact) mass is 408 g/mol. The Balaban J connectivity index is 1.57. The highest BCUT2D eigenvalue weighted by atomic mass is 32.2. The van der Waals surface area contributed by atoms with Gasteiger partial charge in [0.05, 0.1) is 21.7 Å². The molecule has 2 aromatic carbocycles. The van der Waals surface area contributed by atoms with Crippen molar-refractivity contribution in [3.8, 4) is 0 Å². The summed E-state index contributed by atoms with van der Waals surface area (Å²) in [5.74, 6) is 2.51. The van der Waals surface area contributed by atoms with Crippen molar-refractivity contribution in [1.82, 2.24) is 0 Å². The van der Waals surface area contributed by atoms with Gasteiger partial charge in [0.2, 0.25) is 0 Å². The van der Waals surface area contributed by atoms with Crippen LogP contribution in [0.25, 0.3) is 0 Å². The van der Waals surface area contributed by atoms with Crippen molar-refractivity contribution in [2.75, 3.05) is 23.4 Å². The SMILES string of the molecule is O=[N+]([O-])c1ccccc1CCSCOCSCCc1ccccc1[N+](=O)[O-]. The number of hydrogen-bond acceptors (Lipinski definition) is 7. The summed E-state index contributed by atoms with van der Waals surface area (Å²) in [6.07, 6.45) is 1.24. The molecule has 7 nitrogen and oxygen atoms in total. The maximum absolute atomic E-state index is 11.0. The second kappa shape index (κ2) is 11.6. The van der Waals surface area contributed by atoms with Crippen LogP contribution >= 0.6 is 23.5 Å². The van der Waals surface area contributed by atoms with Crippen LogP contribution in [0.5, 0.6) is 0 Å². The molecular weight excluding hydrogens is 388 g/mol. The number of rotatable bonds is 12. The normalized spacial score (nSPS) is 10.7. The van der Waals surface area contributed by atoms with Gasteiger partial charge < -0.3 is 4.74 Å². The Morgan fingerprint density at radius 2 is 1.15 bits per heavy atom. The molecule has 0 fully saturated rings. The van der Waals surface area contributed by atoms with E-state index in [0.717, 1.165) is 22.6 Å². The Morgan fingerprint density at radius 1 is 0.741 bits per heavy atom. The Labute approximate surface area is 165 Å². The molecule has 2 aromatic rings. The van der Waals surface area contributed by atoms with Gasteiger partial charge in [0.15, 0.2) is 0 Å². The zero-order valence-corrected chi connectivity index (χ0v) is 16.2. The summed E-state index contributed by atoms with van der Waals surface area (Å²) in [5.41, 5.74) is 1.77. The number of thioether (sulfide) groups is 2. The molecule has 0 amide bonds. The molecule has 0 radical (unpaired) electrons. The third kappa shape index (κ3) is 7.20. The fourth-order valence-corrected chi connectivity index (χ4v) is 3.91. The van der Waals surface area contributed by atoms with Crippen molar-refractivity contribution in [2.24, 2.45) is 0 Å². The fourth-order valence-electron chi connectivity index (χ4n) is 2.43. The highest BCUT2D eigenvalue weighted by Crippen LogP contribution is 2.21. The summed E-state index contributed by atoms with van der Waals surface area (Å²) in [5, 5.41) is 21.9. The third-order valence-electron chi connectivity index (χ3n) is 3.74. The van der Waals surface area contributed by atoms with Crippen LogP contribution in [-0.2, 0) is 17.6 Å². The molecule has 0 saturated carbocycles. The minimum atomic E-state index is -0.357. The number of nitrogens with zero attached hydrogens (tertiary/aromatic N) is 2. The maximum atomic E-state index is 11.0. The molecule has 0 bridgehead atoms. The summed E-state index contributed by atoms with van der Waals surface area (Å²) in [6, 6.07) is 13.5. The fraction of sp³-hybridized carbons (Fsp3) is 0.333. The first kappa shape index (κ1) is 21.2. The largest absolute Gasteiger partial charge is 0.360 e. The molecule has 0 aliphatic heterocycles. The molecule has 0 atom stereocenters. The second-order valence-corrected chi connectivity index (χ2v) is 7.63. The van der Waals surface area contributed by atoms with Gasteiger partial charge in [-0.1, -0.05) is 36.4 Å². The Kier molecular flexibility index (Phi) is 9.09. The lowest BCUT2D eigenvalue weighted by atomic mass is 10.1. The molecule has 27 heavy (non-hydrogen) atoms. The van der Waals surface area contributed by atoms with Crippen molar-refractivity contribution in [1.29, 1.82) is 0 Å². The first-order chi connectivity index (χ1) is 13.1. The minimum Gasteiger partial charge on any atom is -0.360 e. The number of hydrogen-bond donors (Lipinski definition) is 0. The van der Waals surface area contributed by atoms with E-state index in [1.165, 1.54) is 12.1 Å². The standard InChI is InChI=1S/C18H20N2O5S2/c21-19(22)17-7-3-1-5-15(17)9-11-26-13-25-14-27-12-10-16-6-2-4-8-18(16)20(23)24/h1-8H,9-14H2. The van der Waals surface area contributed by atoms with Crippen molar-refractivity contribution < 1.29 is 14.6 Å². The van der Waals surface area contributed by atoms with Crippen LogP contribution in [0.1, 0.15) is 11.1 Å². The summed E-state index contributed by atoms with van der Waals surface area (Å²) in [7, 11) is 0. The van der Waals surface area contributed by atoms with E-state index in [9.17, 15) is 20.2 Å². The molecule has 0 N–H and O–H groups in total. The smallest absolute Gasteiger partial charge is 0.272 e. The molecule has 0 heterocycles. The van der Waals surface area contributed by atoms with Gasteiger partial charge in [-0.25, -0.2) is 0 Å². The summed E-state index contributed by atoms with van der Waals surface area (Å²) >= 11 is 3.16. The van der Waals surface area contributed by atoms with E-state index in [4.69, 9.17) is 4.74 Å². The van der Waals surface area contributed by atoms with Gasteiger partial charge in [0, 0.05) is 23.3 Å². The highest BCUT2D eigenvalue weighted by molar-refractivity contribution is 7.99. The molecular formula is C18H20N2O5S2. The summed E-state index contributed by atoms with van der Waals surface area (Å²) < 4.78 is 5.52. The van der Waals surface area contributed by atoms with Crippen LogP contribution < -0.4 is 0 Å². The number of nitro benzene ring substituents is 2. The number of para-hydroxylation sites is 2. The lowest BCUT2D eigenvalue weighted by Crippen LogP contribution is -1.99. The van der Waals surface area contributed by atoms with Crippen LogP contribution in [0, 0.1) is 20.2 Å². The average Bonchev–Trinajstić information content (AvgIpc) is 2.67. The quantitative estimate of drug-likeness (QED) is 0.218. The number of benzene rings is 2. The number of aryl methyl sites for hydroxylation is 2. The van der Waals surface area contributed by atoms with Crippen LogP contribution in [0.15, 0.2) is 48.5 Å². The van der Waals surface area contributed by atoms with Crippen LogP contribution in [0.4, 0.5) is 11.4 Å². The van der Waals surface area contributed by atoms with Gasteiger partial charge in [0.25, 0.3) is 11.4 Å². The van der Waals surface area contributed by atoms with Gasteiger partial charge in [-0.2, -0.15) is 0 Å². The summed E-state index contributed by atoms with van der Waals surface area (Å²) in [6.45, 7) is 0. The van der Waals surface area contributed by atoms with Gasteiger partial charge in [0.1, 0.15) is 0 Å². The zero-order valence-electron chi connectivity index (χ0n) is 14.6. The predicted octanol–water partition coefficient (Wildman–Crippen LogP) is 4.69. The zero-order chi connectivity index (χ0) is 19.5. The molecule has 144 valence electrons. The van der Waals surface area contributed by atoms with Crippen molar-refractivity contribution in [3.05, 3.63) is 79.9 Å². The molecule has 0 aromatic heterocycles. The van der Waals surface area contributed by atoms with Gasteiger partial charge >= 0.3 is 0 Å². The predicted molar refractivity (Wildman–Crippen MR) is 109 cm³/mol. The molecule has 0 unspecified atom stereocenters. The molecule has 0 aliphatic carbocycles. The minimum absolute atomic E-state index is 0.157. The van der Waals surface area contributed by atoms with Crippen molar-refractivity contribution in [2.45, 2.75) is 12.8 Å². The lowest BCUT2D eigenvalue weighted by molar-refractivity contribution is -0.385. The molecule has 0 aliphatic rings. The van der Waals surface area contributed by atoms with Crippen LogP contribution in [-0.4, -0.2) is 33.2 Å². The topological polar surface area (TPSA) is 95.5 Å². The number of nitro groups is 2. The highest BCUT2D eigenvalue weighted by Gasteiger charge is 2.12. The van der Waals surface area contributed by atoms with E-state index in [2.05, 4.69) is 0 Å². The first-order valence-corrected chi connectivity index (χ1v) is 10.6. The van der Waals surface area contributed by atoms with Gasteiger partial charge in [-0.3, -0.25) is 20.2 Å². The Morgan fingerprint density at radius 3 is 1.56 bits per heavy atom. The van der Waals surface area contributed by atoms with E-state index in [0.29, 0.717) is 24.7 Å². The van der Waals surface area contributed by atoms with Crippen molar-refractivity contribution >= 4 is 34.9 Å².